The quantitative estimate of drug-likeness (QED) is 0.573. The van der Waals surface area contributed by atoms with Crippen LogP contribution in [0.4, 0.5) is 0 Å². The highest BCUT2D eigenvalue weighted by Crippen LogP contribution is 2.38. The zero-order chi connectivity index (χ0) is 17.7. The lowest BCUT2D eigenvalue weighted by molar-refractivity contribution is -0.153. The topological polar surface area (TPSA) is 52.6 Å². The number of hydrogen-bond donors (Lipinski definition) is 0. The fraction of sp³-hybridized carbons (Fsp3) is 0.600. The monoisotopic (exact) mass is 332 g/mol. The molecule has 1 aliphatic rings. The van der Waals surface area contributed by atoms with E-state index in [1.807, 2.05) is 45.9 Å². The summed E-state index contributed by atoms with van der Waals surface area (Å²) in [7, 11) is 0. The van der Waals surface area contributed by atoms with Crippen molar-refractivity contribution >= 4 is 11.9 Å². The zero-order valence-electron chi connectivity index (χ0n) is 15.1. The van der Waals surface area contributed by atoms with Crippen LogP contribution < -0.4 is 4.74 Å². The first-order chi connectivity index (χ1) is 11.3. The van der Waals surface area contributed by atoms with Gasteiger partial charge < -0.3 is 9.47 Å². The number of esters is 2. The van der Waals surface area contributed by atoms with Gasteiger partial charge in [-0.2, -0.15) is 0 Å². The first kappa shape index (κ1) is 18.5. The average Bonchev–Trinajstić information content (AvgIpc) is 2.94. The summed E-state index contributed by atoms with van der Waals surface area (Å²) in [4.78, 5) is 24.2. The molecule has 2 atom stereocenters. The summed E-state index contributed by atoms with van der Waals surface area (Å²) in [5.74, 6) is 0.514. The summed E-state index contributed by atoms with van der Waals surface area (Å²) in [5, 5.41) is 0. The molecule has 4 nitrogen and oxygen atoms in total. The zero-order valence-corrected chi connectivity index (χ0v) is 15.1. The first-order valence-corrected chi connectivity index (χ1v) is 8.76. The molecule has 1 saturated carbocycles. The molecule has 0 spiro atoms. The molecule has 132 valence electrons. The first-order valence-electron chi connectivity index (χ1n) is 8.76. The van der Waals surface area contributed by atoms with Crippen molar-refractivity contribution in [3.63, 3.8) is 0 Å². The molecule has 4 heteroatoms. The molecule has 0 bridgehead atoms. The molecular formula is C20H28O4. The molecule has 0 saturated heterocycles. The lowest BCUT2D eigenvalue weighted by Gasteiger charge is -2.25. The van der Waals surface area contributed by atoms with E-state index in [1.165, 1.54) is 0 Å². The number of hydrogen-bond acceptors (Lipinski definition) is 4. The van der Waals surface area contributed by atoms with E-state index in [1.54, 1.807) is 12.1 Å². The van der Waals surface area contributed by atoms with E-state index in [2.05, 4.69) is 0 Å². The van der Waals surface area contributed by atoms with Crippen molar-refractivity contribution in [2.24, 2.45) is 17.3 Å². The Morgan fingerprint density at radius 2 is 1.83 bits per heavy atom. The van der Waals surface area contributed by atoms with Gasteiger partial charge in [0.25, 0.3) is 0 Å². The molecule has 0 radical (unpaired) electrons. The predicted molar refractivity (Wildman–Crippen MR) is 92.5 cm³/mol. The Hall–Kier alpha value is -1.84. The summed E-state index contributed by atoms with van der Waals surface area (Å²) in [6.07, 6.45) is 3.44. The third-order valence-electron chi connectivity index (χ3n) is 4.55. The van der Waals surface area contributed by atoms with Gasteiger partial charge in [0.15, 0.2) is 0 Å². The van der Waals surface area contributed by atoms with Crippen molar-refractivity contribution in [1.82, 2.24) is 0 Å². The SMILES string of the molecule is CC(C)C(=O)OC1CCC(CC(C)(C)C(=O)Oc2ccccc2)C1. The van der Waals surface area contributed by atoms with E-state index < -0.39 is 5.41 Å². The molecule has 24 heavy (non-hydrogen) atoms. The van der Waals surface area contributed by atoms with E-state index in [0.29, 0.717) is 11.7 Å². The second-order valence-electron chi connectivity index (χ2n) is 7.68. The van der Waals surface area contributed by atoms with Crippen molar-refractivity contribution in [2.75, 3.05) is 0 Å². The number of carbonyl (C=O) groups is 2. The van der Waals surface area contributed by atoms with E-state index >= 15 is 0 Å². The van der Waals surface area contributed by atoms with Gasteiger partial charge in [0.2, 0.25) is 0 Å². The van der Waals surface area contributed by atoms with Crippen LogP contribution in [0.5, 0.6) is 5.75 Å². The maximum Gasteiger partial charge on any atom is 0.316 e. The third-order valence-corrected chi connectivity index (χ3v) is 4.55. The standard InChI is InChI=1S/C20H28O4/c1-14(2)18(21)23-17-11-10-15(12-17)13-20(3,4)19(22)24-16-8-6-5-7-9-16/h5-9,14-15,17H,10-13H2,1-4H3. The minimum Gasteiger partial charge on any atom is -0.462 e. The Morgan fingerprint density at radius 3 is 2.46 bits per heavy atom. The van der Waals surface area contributed by atoms with Gasteiger partial charge >= 0.3 is 11.9 Å². The largest absolute Gasteiger partial charge is 0.462 e. The molecule has 2 unspecified atom stereocenters. The summed E-state index contributed by atoms with van der Waals surface area (Å²) in [6, 6.07) is 9.15. The van der Waals surface area contributed by atoms with Gasteiger partial charge in [-0.1, -0.05) is 32.0 Å². The normalized spacial score (nSPS) is 20.9. The molecule has 0 amide bonds. The number of para-hydroxylation sites is 1. The smallest absolute Gasteiger partial charge is 0.316 e. The fourth-order valence-electron chi connectivity index (χ4n) is 3.16. The minimum atomic E-state index is -0.558. The second kappa shape index (κ2) is 7.82. The summed E-state index contributed by atoms with van der Waals surface area (Å²) < 4.78 is 11.0. The molecule has 1 aromatic carbocycles. The van der Waals surface area contributed by atoms with Crippen LogP contribution in [-0.2, 0) is 14.3 Å². The number of ether oxygens (including phenoxy) is 2. The van der Waals surface area contributed by atoms with Crippen molar-refractivity contribution in [2.45, 2.75) is 59.5 Å². The van der Waals surface area contributed by atoms with Crippen LogP contribution in [0.2, 0.25) is 0 Å². The van der Waals surface area contributed by atoms with Gasteiger partial charge in [-0.15, -0.1) is 0 Å². The van der Waals surface area contributed by atoms with E-state index in [4.69, 9.17) is 9.47 Å². The molecule has 0 aromatic heterocycles. The lowest BCUT2D eigenvalue weighted by atomic mass is 9.82. The molecule has 2 rings (SSSR count). The Labute approximate surface area is 144 Å². The van der Waals surface area contributed by atoms with Crippen molar-refractivity contribution in [3.05, 3.63) is 30.3 Å². The van der Waals surface area contributed by atoms with Crippen molar-refractivity contribution in [1.29, 1.82) is 0 Å². The van der Waals surface area contributed by atoms with Crippen LogP contribution in [0.25, 0.3) is 0 Å². The van der Waals surface area contributed by atoms with Crippen LogP contribution in [0.1, 0.15) is 53.4 Å². The Balaban J connectivity index is 1.85. The van der Waals surface area contributed by atoms with Crippen molar-refractivity contribution in [3.8, 4) is 5.75 Å². The van der Waals surface area contributed by atoms with Gasteiger partial charge in [0, 0.05) is 0 Å². The number of rotatable bonds is 6. The van der Waals surface area contributed by atoms with Crippen LogP contribution in [0.15, 0.2) is 30.3 Å². The molecular weight excluding hydrogens is 304 g/mol. The van der Waals surface area contributed by atoms with Gasteiger partial charge in [0.1, 0.15) is 11.9 Å². The predicted octanol–water partition coefficient (Wildman–Crippen LogP) is 4.38. The lowest BCUT2D eigenvalue weighted by Crippen LogP contribution is -2.31. The summed E-state index contributed by atoms with van der Waals surface area (Å²) in [5.41, 5.74) is -0.558. The highest BCUT2D eigenvalue weighted by Gasteiger charge is 2.37. The Morgan fingerprint density at radius 1 is 1.17 bits per heavy atom. The van der Waals surface area contributed by atoms with E-state index in [0.717, 1.165) is 25.7 Å². The maximum atomic E-state index is 12.5. The minimum absolute atomic E-state index is 0.00848. The van der Waals surface area contributed by atoms with Crippen LogP contribution >= 0.6 is 0 Å². The van der Waals surface area contributed by atoms with Gasteiger partial charge in [-0.25, -0.2) is 0 Å². The van der Waals surface area contributed by atoms with Gasteiger partial charge in [0.05, 0.1) is 11.3 Å². The Bertz CT molecular complexity index is 562. The highest BCUT2D eigenvalue weighted by molar-refractivity contribution is 5.78. The molecule has 0 heterocycles. The fourth-order valence-corrected chi connectivity index (χ4v) is 3.16. The maximum absolute atomic E-state index is 12.5. The molecule has 0 aliphatic heterocycles. The molecule has 0 N–H and O–H groups in total. The number of carbonyl (C=O) groups excluding carboxylic acids is 2. The van der Waals surface area contributed by atoms with Crippen LogP contribution in [0.3, 0.4) is 0 Å². The average molecular weight is 332 g/mol. The number of benzene rings is 1. The second-order valence-corrected chi connectivity index (χ2v) is 7.68. The third kappa shape index (κ3) is 5.08. The van der Waals surface area contributed by atoms with E-state index in [9.17, 15) is 9.59 Å². The molecule has 1 aromatic rings. The summed E-state index contributed by atoms with van der Waals surface area (Å²) in [6.45, 7) is 7.53. The molecule has 1 aliphatic carbocycles. The van der Waals surface area contributed by atoms with Crippen LogP contribution in [0, 0.1) is 17.3 Å². The Kier molecular flexibility index (Phi) is 6.03. The van der Waals surface area contributed by atoms with Crippen LogP contribution in [-0.4, -0.2) is 18.0 Å². The van der Waals surface area contributed by atoms with Crippen molar-refractivity contribution < 1.29 is 19.1 Å². The van der Waals surface area contributed by atoms with Gasteiger partial charge in [-0.05, 0) is 57.6 Å². The van der Waals surface area contributed by atoms with E-state index in [-0.39, 0.29) is 24.0 Å². The molecule has 1 fully saturated rings. The van der Waals surface area contributed by atoms with Gasteiger partial charge in [-0.3, -0.25) is 9.59 Å². The highest BCUT2D eigenvalue weighted by atomic mass is 16.5. The summed E-state index contributed by atoms with van der Waals surface area (Å²) >= 11 is 0.